The molecule has 0 spiro atoms. The van der Waals surface area contributed by atoms with Crippen molar-refractivity contribution in [2.45, 2.75) is 25.9 Å². The fourth-order valence-electron chi connectivity index (χ4n) is 1.86. The minimum atomic E-state index is -1.53. The number of amides is 1. The van der Waals surface area contributed by atoms with E-state index in [2.05, 4.69) is 10.6 Å². The van der Waals surface area contributed by atoms with E-state index in [1.165, 1.54) is 0 Å². The predicted molar refractivity (Wildman–Crippen MR) is 56.9 cm³/mol. The monoisotopic (exact) mass is 230 g/mol. The Morgan fingerprint density at radius 2 is 2.25 bits per heavy atom. The molecule has 0 radical (unpaired) electrons. The average molecular weight is 230 g/mol. The van der Waals surface area contributed by atoms with Crippen LogP contribution in [-0.4, -0.2) is 47.8 Å². The molecule has 92 valence electrons. The molecule has 0 aliphatic carbocycles. The van der Waals surface area contributed by atoms with Gasteiger partial charge in [0.1, 0.15) is 0 Å². The Bertz CT molecular complexity index is 274. The zero-order valence-electron chi connectivity index (χ0n) is 9.32. The van der Waals surface area contributed by atoms with Gasteiger partial charge in [-0.2, -0.15) is 0 Å². The number of aliphatic hydroxyl groups excluding tert-OH is 1. The number of carbonyl (C=O) groups excluding carboxylic acids is 1. The van der Waals surface area contributed by atoms with Crippen LogP contribution in [0, 0.1) is 5.41 Å². The van der Waals surface area contributed by atoms with Gasteiger partial charge in [-0.25, -0.2) is 4.79 Å². The molecular formula is C10H18N2O4. The largest absolute Gasteiger partial charge is 0.479 e. The number of nitrogens with one attached hydrogen (secondary N) is 2. The van der Waals surface area contributed by atoms with Crippen LogP contribution in [-0.2, 0) is 9.59 Å². The fourth-order valence-corrected chi connectivity index (χ4v) is 1.86. The van der Waals surface area contributed by atoms with Crippen LogP contribution in [0.2, 0.25) is 0 Å². The van der Waals surface area contributed by atoms with Crippen molar-refractivity contribution in [3.8, 4) is 0 Å². The van der Waals surface area contributed by atoms with E-state index in [9.17, 15) is 9.59 Å². The lowest BCUT2D eigenvalue weighted by molar-refractivity contribution is -0.146. The van der Waals surface area contributed by atoms with Crippen LogP contribution in [0.25, 0.3) is 0 Å². The number of carbonyl (C=O) groups is 2. The second-order valence-corrected chi connectivity index (χ2v) is 4.12. The number of rotatable bonds is 5. The third kappa shape index (κ3) is 2.70. The van der Waals surface area contributed by atoms with Gasteiger partial charge < -0.3 is 20.8 Å². The van der Waals surface area contributed by atoms with E-state index in [1.54, 1.807) is 0 Å². The molecule has 6 nitrogen and oxygen atoms in total. The standard InChI is InChI=1S/C10H18N2O4/c1-2-10(3-4-11-6-10)9(16)12-5-7(13)8(14)15/h7,11,13H,2-6H2,1H3,(H,12,16)(H,14,15). The molecule has 2 atom stereocenters. The Kier molecular flexibility index (Phi) is 4.26. The van der Waals surface area contributed by atoms with Crippen LogP contribution in [0.3, 0.4) is 0 Å². The zero-order chi connectivity index (χ0) is 12.2. The van der Waals surface area contributed by atoms with Crippen molar-refractivity contribution in [3.05, 3.63) is 0 Å². The smallest absolute Gasteiger partial charge is 0.334 e. The summed E-state index contributed by atoms with van der Waals surface area (Å²) in [6.07, 6.45) is -0.0831. The van der Waals surface area contributed by atoms with Gasteiger partial charge in [-0.1, -0.05) is 6.92 Å². The van der Waals surface area contributed by atoms with Crippen LogP contribution < -0.4 is 10.6 Å². The van der Waals surface area contributed by atoms with Crippen molar-refractivity contribution in [2.75, 3.05) is 19.6 Å². The van der Waals surface area contributed by atoms with Gasteiger partial charge in [0.25, 0.3) is 0 Å². The minimum absolute atomic E-state index is 0.180. The van der Waals surface area contributed by atoms with E-state index in [0.717, 1.165) is 13.0 Å². The van der Waals surface area contributed by atoms with E-state index in [1.807, 2.05) is 6.92 Å². The molecule has 0 saturated carbocycles. The van der Waals surface area contributed by atoms with E-state index in [-0.39, 0.29) is 12.5 Å². The molecule has 0 aromatic rings. The minimum Gasteiger partial charge on any atom is -0.479 e. The quantitative estimate of drug-likeness (QED) is 0.482. The lowest BCUT2D eigenvalue weighted by Gasteiger charge is -2.25. The lowest BCUT2D eigenvalue weighted by atomic mass is 9.83. The second kappa shape index (κ2) is 5.27. The van der Waals surface area contributed by atoms with Gasteiger partial charge in [-0.15, -0.1) is 0 Å². The SMILES string of the molecule is CCC1(C(=O)NCC(O)C(=O)O)CCNC1. The van der Waals surface area contributed by atoms with Gasteiger partial charge in [0.15, 0.2) is 6.10 Å². The van der Waals surface area contributed by atoms with Crippen LogP contribution in [0.5, 0.6) is 0 Å². The van der Waals surface area contributed by atoms with Crippen molar-refractivity contribution in [3.63, 3.8) is 0 Å². The molecule has 1 saturated heterocycles. The molecule has 1 aliphatic rings. The number of carboxylic acid groups (broad SMARTS) is 1. The number of aliphatic carboxylic acids is 1. The molecule has 0 aromatic heterocycles. The molecule has 4 N–H and O–H groups in total. The molecule has 1 heterocycles. The Morgan fingerprint density at radius 3 is 2.69 bits per heavy atom. The third-order valence-electron chi connectivity index (χ3n) is 3.14. The zero-order valence-corrected chi connectivity index (χ0v) is 9.32. The molecule has 1 fully saturated rings. The molecule has 1 rings (SSSR count). The summed E-state index contributed by atoms with van der Waals surface area (Å²) >= 11 is 0. The summed E-state index contributed by atoms with van der Waals surface area (Å²) < 4.78 is 0. The number of aliphatic hydroxyl groups is 1. The fraction of sp³-hybridized carbons (Fsp3) is 0.800. The maximum Gasteiger partial charge on any atom is 0.334 e. The highest BCUT2D eigenvalue weighted by Crippen LogP contribution is 2.29. The van der Waals surface area contributed by atoms with E-state index >= 15 is 0 Å². The van der Waals surface area contributed by atoms with Gasteiger partial charge in [0.05, 0.1) is 12.0 Å². The van der Waals surface area contributed by atoms with Crippen molar-refractivity contribution < 1.29 is 19.8 Å². The molecule has 6 heteroatoms. The average Bonchev–Trinajstić information content (AvgIpc) is 2.74. The summed E-state index contributed by atoms with van der Waals surface area (Å²) in [5.74, 6) is -1.50. The first-order valence-electron chi connectivity index (χ1n) is 5.42. The number of hydrogen-bond donors (Lipinski definition) is 4. The second-order valence-electron chi connectivity index (χ2n) is 4.12. The van der Waals surface area contributed by atoms with Crippen LogP contribution in [0.15, 0.2) is 0 Å². The first-order valence-corrected chi connectivity index (χ1v) is 5.42. The molecule has 0 aromatic carbocycles. The van der Waals surface area contributed by atoms with Gasteiger partial charge in [0.2, 0.25) is 5.91 Å². The third-order valence-corrected chi connectivity index (χ3v) is 3.14. The topological polar surface area (TPSA) is 98.7 Å². The summed E-state index contributed by atoms with van der Waals surface area (Å²) in [7, 11) is 0. The Labute approximate surface area is 94.0 Å². The lowest BCUT2D eigenvalue weighted by Crippen LogP contribution is -2.46. The predicted octanol–water partition coefficient (Wildman–Crippen LogP) is -1.06. The Morgan fingerprint density at radius 1 is 1.56 bits per heavy atom. The highest BCUT2D eigenvalue weighted by molar-refractivity contribution is 5.84. The van der Waals surface area contributed by atoms with Gasteiger partial charge in [0, 0.05) is 6.54 Å². The highest BCUT2D eigenvalue weighted by atomic mass is 16.4. The maximum atomic E-state index is 11.9. The van der Waals surface area contributed by atoms with Crippen molar-refractivity contribution >= 4 is 11.9 Å². The van der Waals surface area contributed by atoms with E-state index in [0.29, 0.717) is 13.0 Å². The summed E-state index contributed by atoms with van der Waals surface area (Å²) in [6.45, 7) is 3.09. The molecule has 2 unspecified atom stereocenters. The van der Waals surface area contributed by atoms with Crippen LogP contribution in [0.4, 0.5) is 0 Å². The molecule has 0 bridgehead atoms. The molecular weight excluding hydrogens is 212 g/mol. The van der Waals surface area contributed by atoms with Gasteiger partial charge >= 0.3 is 5.97 Å². The van der Waals surface area contributed by atoms with Crippen molar-refractivity contribution in [1.82, 2.24) is 10.6 Å². The van der Waals surface area contributed by atoms with Gasteiger partial charge in [-0.3, -0.25) is 4.79 Å². The van der Waals surface area contributed by atoms with Gasteiger partial charge in [-0.05, 0) is 19.4 Å². The summed E-state index contributed by atoms with van der Waals surface area (Å²) in [5, 5.41) is 23.1. The summed E-state index contributed by atoms with van der Waals surface area (Å²) in [4.78, 5) is 22.2. The Hall–Kier alpha value is -1.14. The number of hydrogen-bond acceptors (Lipinski definition) is 4. The number of carboxylic acids is 1. The van der Waals surface area contributed by atoms with Crippen molar-refractivity contribution in [1.29, 1.82) is 0 Å². The van der Waals surface area contributed by atoms with Crippen LogP contribution >= 0.6 is 0 Å². The first kappa shape index (κ1) is 12.9. The summed E-state index contributed by atoms with van der Waals surface area (Å²) in [6, 6.07) is 0. The molecule has 1 amide bonds. The molecule has 1 aliphatic heterocycles. The van der Waals surface area contributed by atoms with E-state index < -0.39 is 17.5 Å². The molecule has 16 heavy (non-hydrogen) atoms. The van der Waals surface area contributed by atoms with E-state index in [4.69, 9.17) is 10.2 Å². The normalized spacial score (nSPS) is 26.4. The Balaban J connectivity index is 2.48. The summed E-state index contributed by atoms with van der Waals surface area (Å²) in [5.41, 5.74) is -0.446. The van der Waals surface area contributed by atoms with Crippen molar-refractivity contribution in [2.24, 2.45) is 5.41 Å². The van der Waals surface area contributed by atoms with Crippen LogP contribution in [0.1, 0.15) is 19.8 Å². The highest BCUT2D eigenvalue weighted by Gasteiger charge is 2.39. The first-order chi connectivity index (χ1) is 7.52. The maximum absolute atomic E-state index is 11.9.